The summed E-state index contributed by atoms with van der Waals surface area (Å²) in [5.74, 6) is 2.72. The molecule has 6 rings (SSSR count). The molecule has 3 aromatic carbocycles. The first kappa shape index (κ1) is 22.9. The van der Waals surface area contributed by atoms with Gasteiger partial charge in [-0.05, 0) is 55.5 Å². The molecule has 0 spiro atoms. The number of fused-ring (bicyclic) bond motifs is 4. The van der Waals surface area contributed by atoms with E-state index in [0.717, 1.165) is 18.0 Å². The average molecular weight is 457 g/mol. The quantitative estimate of drug-likeness (QED) is 0.487. The topological polar surface area (TPSA) is 33.7 Å². The predicted molar refractivity (Wildman–Crippen MR) is 138 cm³/mol. The lowest BCUT2D eigenvalue weighted by Gasteiger charge is -2.47. The number of hydrogen-bond donors (Lipinski definition) is 1. The lowest BCUT2D eigenvalue weighted by molar-refractivity contribution is 0.0860. The van der Waals surface area contributed by atoms with E-state index in [-0.39, 0.29) is 0 Å². The van der Waals surface area contributed by atoms with Crippen molar-refractivity contribution in [3.8, 4) is 11.5 Å². The number of hydrogen-bond acceptors (Lipinski definition) is 4. The lowest BCUT2D eigenvalue weighted by atomic mass is 9.74. The smallest absolute Gasteiger partial charge is 0.127 e. The van der Waals surface area contributed by atoms with Crippen molar-refractivity contribution in [3.63, 3.8) is 0 Å². The molecule has 178 valence electrons. The van der Waals surface area contributed by atoms with Crippen molar-refractivity contribution in [1.29, 1.82) is 0 Å². The number of ether oxygens (including phenoxy) is 2. The van der Waals surface area contributed by atoms with Gasteiger partial charge in [-0.3, -0.25) is 4.90 Å². The molecule has 3 fully saturated rings. The van der Waals surface area contributed by atoms with E-state index in [4.69, 9.17) is 9.47 Å². The van der Waals surface area contributed by atoms with Gasteiger partial charge in [0.05, 0.1) is 14.2 Å². The van der Waals surface area contributed by atoms with Crippen LogP contribution in [0.15, 0.2) is 78.9 Å². The maximum atomic E-state index is 5.70. The summed E-state index contributed by atoms with van der Waals surface area (Å²) >= 11 is 0. The van der Waals surface area contributed by atoms with Crippen LogP contribution in [0.1, 0.15) is 41.9 Å². The van der Waals surface area contributed by atoms with Crippen molar-refractivity contribution in [3.05, 3.63) is 95.6 Å². The van der Waals surface area contributed by atoms with Gasteiger partial charge in [0.15, 0.2) is 0 Å². The van der Waals surface area contributed by atoms with Crippen molar-refractivity contribution >= 4 is 0 Å². The molecule has 3 saturated heterocycles. The predicted octanol–water partition coefficient (Wildman–Crippen LogP) is 5.48. The second kappa shape index (κ2) is 10.6. The van der Waals surface area contributed by atoms with E-state index >= 15 is 0 Å². The summed E-state index contributed by atoms with van der Waals surface area (Å²) in [6.45, 7) is 3.16. The fourth-order valence-electron chi connectivity index (χ4n) is 6.15. The van der Waals surface area contributed by atoms with Crippen molar-refractivity contribution in [1.82, 2.24) is 10.2 Å². The highest BCUT2D eigenvalue weighted by Gasteiger charge is 2.44. The molecule has 0 radical (unpaired) electrons. The Labute approximate surface area is 203 Å². The van der Waals surface area contributed by atoms with E-state index in [1.807, 2.05) is 12.1 Å². The maximum Gasteiger partial charge on any atom is 0.127 e. The minimum atomic E-state index is 0.332. The average Bonchev–Trinajstić information content (AvgIpc) is 3.24. The first-order valence-corrected chi connectivity index (χ1v) is 12.6. The third-order valence-electron chi connectivity index (χ3n) is 7.79. The second-order valence-electron chi connectivity index (χ2n) is 9.60. The molecule has 0 aromatic heterocycles. The number of methoxy groups -OCH3 is 2. The second-order valence-corrected chi connectivity index (χ2v) is 9.60. The Morgan fingerprint density at radius 3 is 2.21 bits per heavy atom. The van der Waals surface area contributed by atoms with E-state index < -0.39 is 0 Å². The SMILES string of the molecule is COc1ccc(CN[C@H]2C3CCCN(CC3)[C@H]2C(c2ccccc2)c2ccccc2)c(OC)c1. The molecule has 4 nitrogen and oxygen atoms in total. The van der Waals surface area contributed by atoms with Crippen LogP contribution < -0.4 is 14.8 Å². The Morgan fingerprint density at radius 2 is 1.56 bits per heavy atom. The monoisotopic (exact) mass is 456 g/mol. The van der Waals surface area contributed by atoms with Gasteiger partial charge in [0.2, 0.25) is 0 Å². The highest BCUT2D eigenvalue weighted by molar-refractivity contribution is 5.41. The van der Waals surface area contributed by atoms with Gasteiger partial charge < -0.3 is 14.8 Å². The van der Waals surface area contributed by atoms with E-state index in [9.17, 15) is 0 Å². The molecule has 0 amide bonds. The van der Waals surface area contributed by atoms with Crippen molar-refractivity contribution in [2.45, 2.75) is 43.8 Å². The van der Waals surface area contributed by atoms with Gasteiger partial charge in [0.1, 0.15) is 11.5 Å². The minimum Gasteiger partial charge on any atom is -0.497 e. The van der Waals surface area contributed by atoms with Gasteiger partial charge in [-0.2, -0.15) is 0 Å². The molecule has 4 heteroatoms. The summed E-state index contributed by atoms with van der Waals surface area (Å²) in [6.07, 6.45) is 3.84. The van der Waals surface area contributed by atoms with Gasteiger partial charge >= 0.3 is 0 Å². The highest BCUT2D eigenvalue weighted by Crippen LogP contribution is 2.41. The first-order chi connectivity index (χ1) is 16.8. The molecule has 34 heavy (non-hydrogen) atoms. The Morgan fingerprint density at radius 1 is 0.853 bits per heavy atom. The van der Waals surface area contributed by atoms with E-state index in [0.29, 0.717) is 23.9 Å². The van der Waals surface area contributed by atoms with Crippen LogP contribution in [0.5, 0.6) is 11.5 Å². The van der Waals surface area contributed by atoms with Crippen LogP contribution in [-0.2, 0) is 6.54 Å². The summed E-state index contributed by atoms with van der Waals surface area (Å²) in [7, 11) is 3.43. The normalized spacial score (nSPS) is 24.1. The molecular formula is C30H36N2O2. The van der Waals surface area contributed by atoms with E-state index in [2.05, 4.69) is 76.9 Å². The molecule has 0 aliphatic carbocycles. The number of benzene rings is 3. The van der Waals surface area contributed by atoms with Crippen LogP contribution >= 0.6 is 0 Å². The Balaban J connectivity index is 1.50. The van der Waals surface area contributed by atoms with Crippen molar-refractivity contribution in [2.75, 3.05) is 27.3 Å². The molecule has 3 aliphatic heterocycles. The minimum absolute atomic E-state index is 0.332. The third-order valence-corrected chi connectivity index (χ3v) is 7.79. The van der Waals surface area contributed by atoms with Crippen molar-refractivity contribution in [2.24, 2.45) is 5.92 Å². The molecule has 2 bridgehead atoms. The summed E-state index contributed by atoms with van der Waals surface area (Å²) < 4.78 is 11.1. The summed E-state index contributed by atoms with van der Waals surface area (Å²) in [6, 6.07) is 29.1. The van der Waals surface area contributed by atoms with Crippen LogP contribution in [-0.4, -0.2) is 44.3 Å². The molecule has 1 N–H and O–H groups in total. The summed E-state index contributed by atoms with van der Waals surface area (Å²) in [4.78, 5) is 2.76. The Kier molecular flexibility index (Phi) is 7.17. The highest BCUT2D eigenvalue weighted by atomic mass is 16.5. The largest absolute Gasteiger partial charge is 0.497 e. The van der Waals surface area contributed by atoms with Gasteiger partial charge in [0, 0.05) is 36.2 Å². The fraction of sp³-hybridized carbons (Fsp3) is 0.400. The molecule has 4 atom stereocenters. The van der Waals surface area contributed by atoms with Crippen LogP contribution in [0.25, 0.3) is 0 Å². The lowest BCUT2D eigenvalue weighted by Crippen LogP contribution is -2.58. The zero-order chi connectivity index (χ0) is 23.3. The summed E-state index contributed by atoms with van der Waals surface area (Å²) in [5, 5.41) is 4.03. The standard InChI is InChI=1S/C30H36N2O2/c1-33-26-16-15-25(27(20-26)34-2)21-31-29-24-14-9-18-32(19-17-24)30(29)28(22-10-5-3-6-11-22)23-12-7-4-8-13-23/h3-8,10-13,15-16,20,24,28-31H,9,14,17-19,21H2,1-2H3/t24?,29-,30-/m0/s1. The molecule has 2 unspecified atom stereocenters. The van der Waals surface area contributed by atoms with Crippen molar-refractivity contribution < 1.29 is 9.47 Å². The fourth-order valence-corrected chi connectivity index (χ4v) is 6.15. The molecular weight excluding hydrogens is 420 g/mol. The zero-order valence-electron chi connectivity index (χ0n) is 20.3. The van der Waals surface area contributed by atoms with Gasteiger partial charge in [-0.15, -0.1) is 0 Å². The van der Waals surface area contributed by atoms with Crippen LogP contribution in [0.4, 0.5) is 0 Å². The molecule has 3 heterocycles. The van der Waals surface area contributed by atoms with Gasteiger partial charge in [-0.1, -0.05) is 66.7 Å². The number of piperidine rings is 1. The maximum absolute atomic E-state index is 5.70. The third kappa shape index (κ3) is 4.70. The first-order valence-electron chi connectivity index (χ1n) is 12.6. The van der Waals surface area contributed by atoms with Crippen LogP contribution in [0.3, 0.4) is 0 Å². The van der Waals surface area contributed by atoms with Crippen LogP contribution in [0.2, 0.25) is 0 Å². The number of rotatable bonds is 8. The Bertz CT molecular complexity index is 1010. The molecule has 0 saturated carbocycles. The zero-order valence-corrected chi connectivity index (χ0v) is 20.3. The number of nitrogens with one attached hydrogen (secondary N) is 1. The van der Waals surface area contributed by atoms with E-state index in [1.54, 1.807) is 14.2 Å². The van der Waals surface area contributed by atoms with Gasteiger partial charge in [-0.25, -0.2) is 0 Å². The number of nitrogens with zero attached hydrogens (tertiary/aromatic N) is 1. The summed E-state index contributed by atoms with van der Waals surface area (Å²) in [5.41, 5.74) is 3.98. The Hall–Kier alpha value is -2.82. The van der Waals surface area contributed by atoms with Gasteiger partial charge in [0.25, 0.3) is 0 Å². The molecule has 3 aromatic rings. The van der Waals surface area contributed by atoms with E-state index in [1.165, 1.54) is 49.0 Å². The van der Waals surface area contributed by atoms with Crippen LogP contribution in [0, 0.1) is 5.92 Å². The molecule has 3 aliphatic rings.